The molecule has 0 bridgehead atoms. The van der Waals surface area contributed by atoms with Crippen LogP contribution in [0.3, 0.4) is 0 Å². The highest BCUT2D eigenvalue weighted by Gasteiger charge is 2.24. The quantitative estimate of drug-likeness (QED) is 0.783. The van der Waals surface area contributed by atoms with Crippen LogP contribution in [0.4, 0.5) is 10.2 Å². The van der Waals surface area contributed by atoms with Gasteiger partial charge in [-0.3, -0.25) is 9.69 Å². The van der Waals surface area contributed by atoms with E-state index in [0.29, 0.717) is 18.1 Å². The lowest BCUT2D eigenvalue weighted by Gasteiger charge is -2.33. The van der Waals surface area contributed by atoms with Crippen LogP contribution in [0.5, 0.6) is 5.75 Å². The minimum absolute atomic E-state index is 0.0255. The average Bonchev–Trinajstić information content (AvgIpc) is 3.11. The lowest BCUT2D eigenvalue weighted by Crippen LogP contribution is -2.35. The molecule has 0 saturated carbocycles. The number of nitrogens with one attached hydrogen (secondary N) is 1. The molecule has 1 fully saturated rings. The Morgan fingerprint density at radius 2 is 2.07 bits per heavy atom. The summed E-state index contributed by atoms with van der Waals surface area (Å²) in [6.45, 7) is 6.60. The van der Waals surface area contributed by atoms with Crippen molar-refractivity contribution in [3.8, 4) is 5.75 Å². The van der Waals surface area contributed by atoms with E-state index < -0.39 is 0 Å². The molecule has 0 atom stereocenters. The van der Waals surface area contributed by atoms with Crippen LogP contribution in [0, 0.1) is 11.7 Å². The van der Waals surface area contributed by atoms with E-state index in [9.17, 15) is 9.18 Å². The largest absolute Gasteiger partial charge is 0.496 e. The fourth-order valence-electron chi connectivity index (χ4n) is 3.68. The van der Waals surface area contributed by atoms with Gasteiger partial charge >= 0.3 is 0 Å². The number of carbonyl (C=O) groups excluding carboxylic acids is 1. The minimum atomic E-state index is -0.287. The molecule has 0 spiro atoms. The summed E-state index contributed by atoms with van der Waals surface area (Å²) < 4.78 is 20.6. The second kappa shape index (κ2) is 9.19. The molecule has 1 N–H and O–H groups in total. The standard InChI is InChI=1S/C21H29FN4O2/c1-15(2)12-21(27)24-20-6-9-23-26(20)18-7-10-25(11-8-18)14-16-4-5-17(22)13-19(16)28-3/h4-6,9,13,15,18H,7-8,10-12,14H2,1-3H3,(H,24,27). The Morgan fingerprint density at radius 3 is 2.75 bits per heavy atom. The molecule has 2 aromatic rings. The number of piperidine rings is 1. The van der Waals surface area contributed by atoms with Gasteiger partial charge in [0.05, 0.1) is 19.3 Å². The first kappa shape index (κ1) is 20.3. The van der Waals surface area contributed by atoms with Crippen molar-refractivity contribution in [2.45, 2.75) is 45.7 Å². The van der Waals surface area contributed by atoms with E-state index in [1.165, 1.54) is 12.1 Å². The second-order valence-electron chi connectivity index (χ2n) is 7.77. The van der Waals surface area contributed by atoms with Crippen LogP contribution in [-0.2, 0) is 11.3 Å². The van der Waals surface area contributed by atoms with Crippen molar-refractivity contribution in [1.82, 2.24) is 14.7 Å². The number of carbonyl (C=O) groups is 1. The summed E-state index contributed by atoms with van der Waals surface area (Å²) in [7, 11) is 1.57. The molecule has 28 heavy (non-hydrogen) atoms. The van der Waals surface area contributed by atoms with E-state index in [4.69, 9.17) is 4.74 Å². The number of aromatic nitrogens is 2. The Morgan fingerprint density at radius 1 is 1.32 bits per heavy atom. The zero-order chi connectivity index (χ0) is 20.1. The summed E-state index contributed by atoms with van der Waals surface area (Å²) in [4.78, 5) is 14.4. The van der Waals surface area contributed by atoms with Crippen molar-refractivity contribution >= 4 is 11.7 Å². The van der Waals surface area contributed by atoms with E-state index in [0.717, 1.165) is 43.9 Å². The van der Waals surface area contributed by atoms with E-state index in [-0.39, 0.29) is 17.8 Å². The average molecular weight is 388 g/mol. The first-order valence-corrected chi connectivity index (χ1v) is 9.84. The van der Waals surface area contributed by atoms with Gasteiger partial charge in [0.15, 0.2) is 0 Å². The molecule has 0 aliphatic carbocycles. The number of benzene rings is 1. The smallest absolute Gasteiger partial charge is 0.225 e. The highest BCUT2D eigenvalue weighted by Crippen LogP contribution is 2.28. The number of hydrogen-bond donors (Lipinski definition) is 1. The van der Waals surface area contributed by atoms with Crippen molar-refractivity contribution < 1.29 is 13.9 Å². The zero-order valence-corrected chi connectivity index (χ0v) is 16.8. The Kier molecular flexibility index (Phi) is 6.67. The second-order valence-corrected chi connectivity index (χ2v) is 7.77. The van der Waals surface area contributed by atoms with Crippen LogP contribution in [0.15, 0.2) is 30.5 Å². The first-order chi connectivity index (χ1) is 13.5. The molecule has 7 heteroatoms. The molecular formula is C21H29FN4O2. The van der Waals surface area contributed by atoms with E-state index >= 15 is 0 Å². The van der Waals surface area contributed by atoms with Gasteiger partial charge in [-0.15, -0.1) is 0 Å². The summed E-state index contributed by atoms with van der Waals surface area (Å²) in [6.07, 6.45) is 4.13. The van der Waals surface area contributed by atoms with Gasteiger partial charge in [-0.1, -0.05) is 19.9 Å². The third-order valence-electron chi connectivity index (χ3n) is 5.08. The number of methoxy groups -OCH3 is 1. The zero-order valence-electron chi connectivity index (χ0n) is 16.8. The molecule has 2 heterocycles. The fourth-order valence-corrected chi connectivity index (χ4v) is 3.68. The first-order valence-electron chi connectivity index (χ1n) is 9.84. The van der Waals surface area contributed by atoms with Crippen LogP contribution < -0.4 is 10.1 Å². The molecule has 1 aliphatic rings. The number of ether oxygens (including phenoxy) is 1. The van der Waals surface area contributed by atoms with Crippen molar-refractivity contribution in [2.24, 2.45) is 5.92 Å². The van der Waals surface area contributed by atoms with Gasteiger partial charge in [-0.2, -0.15) is 5.10 Å². The predicted octanol–water partition coefficient (Wildman–Crippen LogP) is 3.85. The maximum absolute atomic E-state index is 13.4. The number of likely N-dealkylation sites (tertiary alicyclic amines) is 1. The molecule has 1 aliphatic heterocycles. The number of hydrogen-bond acceptors (Lipinski definition) is 4. The fraction of sp³-hybridized carbons (Fsp3) is 0.524. The molecule has 1 aromatic heterocycles. The van der Waals surface area contributed by atoms with Crippen LogP contribution in [0.25, 0.3) is 0 Å². The summed E-state index contributed by atoms with van der Waals surface area (Å²) >= 11 is 0. The molecule has 1 saturated heterocycles. The maximum atomic E-state index is 13.4. The highest BCUT2D eigenvalue weighted by molar-refractivity contribution is 5.89. The highest BCUT2D eigenvalue weighted by atomic mass is 19.1. The molecule has 0 radical (unpaired) electrons. The van der Waals surface area contributed by atoms with Crippen LogP contribution in [0.1, 0.15) is 44.7 Å². The number of amides is 1. The van der Waals surface area contributed by atoms with E-state index in [1.807, 2.05) is 24.6 Å². The number of halogens is 1. The monoisotopic (exact) mass is 388 g/mol. The van der Waals surface area contributed by atoms with Crippen molar-refractivity contribution in [3.63, 3.8) is 0 Å². The van der Waals surface area contributed by atoms with Crippen molar-refractivity contribution in [1.29, 1.82) is 0 Å². The molecule has 1 amide bonds. The minimum Gasteiger partial charge on any atom is -0.496 e. The van der Waals surface area contributed by atoms with E-state index in [2.05, 4.69) is 15.3 Å². The van der Waals surface area contributed by atoms with Crippen molar-refractivity contribution in [2.75, 3.05) is 25.5 Å². The number of rotatable bonds is 7. The number of nitrogens with zero attached hydrogens (tertiary/aromatic N) is 3. The molecule has 152 valence electrons. The summed E-state index contributed by atoms with van der Waals surface area (Å²) in [5.74, 6) is 1.42. The molecule has 0 unspecified atom stereocenters. The van der Waals surface area contributed by atoms with E-state index in [1.54, 1.807) is 19.4 Å². The molecule has 1 aromatic carbocycles. The Bertz CT molecular complexity index is 797. The SMILES string of the molecule is COc1cc(F)ccc1CN1CCC(n2nccc2NC(=O)CC(C)C)CC1. The van der Waals surface area contributed by atoms with Gasteiger partial charge in [0.25, 0.3) is 0 Å². The summed E-state index contributed by atoms with van der Waals surface area (Å²) in [5, 5.41) is 7.43. The van der Waals surface area contributed by atoms with Crippen LogP contribution >= 0.6 is 0 Å². The summed E-state index contributed by atoms with van der Waals surface area (Å²) in [6, 6.07) is 6.80. The van der Waals surface area contributed by atoms with Crippen LogP contribution in [0.2, 0.25) is 0 Å². The Hall–Kier alpha value is -2.41. The molecular weight excluding hydrogens is 359 g/mol. The normalized spacial score (nSPS) is 15.8. The lowest BCUT2D eigenvalue weighted by atomic mass is 10.0. The van der Waals surface area contributed by atoms with Gasteiger partial charge in [0.2, 0.25) is 5.91 Å². The lowest BCUT2D eigenvalue weighted by molar-refractivity contribution is -0.116. The maximum Gasteiger partial charge on any atom is 0.225 e. The third kappa shape index (κ3) is 5.10. The van der Waals surface area contributed by atoms with Crippen LogP contribution in [-0.4, -0.2) is 40.8 Å². The molecule has 6 nitrogen and oxygen atoms in total. The third-order valence-corrected chi connectivity index (χ3v) is 5.08. The Labute approximate surface area is 165 Å². The predicted molar refractivity (Wildman–Crippen MR) is 107 cm³/mol. The van der Waals surface area contributed by atoms with Gasteiger partial charge in [0.1, 0.15) is 17.4 Å². The van der Waals surface area contributed by atoms with Gasteiger partial charge in [0, 0.05) is 43.8 Å². The van der Waals surface area contributed by atoms with Gasteiger partial charge in [-0.25, -0.2) is 9.07 Å². The molecule has 3 rings (SSSR count). The number of anilines is 1. The van der Waals surface area contributed by atoms with Gasteiger partial charge in [-0.05, 0) is 24.8 Å². The van der Waals surface area contributed by atoms with Gasteiger partial charge < -0.3 is 10.1 Å². The van der Waals surface area contributed by atoms with Crippen molar-refractivity contribution in [3.05, 3.63) is 41.8 Å². The Balaban J connectivity index is 1.58. The summed E-state index contributed by atoms with van der Waals surface area (Å²) in [5.41, 5.74) is 0.989. The topological polar surface area (TPSA) is 59.4 Å².